The lowest BCUT2D eigenvalue weighted by molar-refractivity contribution is -0.429. The normalized spacial score (nSPS) is 17.4. The van der Waals surface area contributed by atoms with Crippen LogP contribution in [0.15, 0.2) is 0 Å². The average molecular weight is 502 g/mol. The Bertz CT molecular complexity index is 629. The van der Waals surface area contributed by atoms with E-state index in [2.05, 4.69) is 0 Å². The second-order valence-electron chi connectivity index (χ2n) is 4.77. The van der Waals surface area contributed by atoms with Crippen molar-refractivity contribution in [3.8, 4) is 0 Å². The van der Waals surface area contributed by atoms with Crippen molar-refractivity contribution < 1.29 is 88.1 Å². The Morgan fingerprint density at radius 2 is 0.724 bits per heavy atom. The van der Waals surface area contributed by atoms with E-state index in [0.29, 0.717) is 0 Å². The minimum Gasteiger partial charge on any atom is -0.289 e. The monoisotopic (exact) mass is 502 g/mol. The Morgan fingerprint density at radius 3 is 1.00 bits per heavy atom. The van der Waals surface area contributed by atoms with Crippen molar-refractivity contribution in [2.75, 3.05) is 0 Å². The first kappa shape index (κ1) is 27.9. The molecule has 2 nitrogen and oxygen atoms in total. The summed E-state index contributed by atoms with van der Waals surface area (Å²) in [6, 6.07) is 0. The Labute approximate surface area is 145 Å². The standard InChI is InChI=1S/C8HF18O2P/c9-1(10,5(17,18)19)3(13,14)7(23,24)28-29(27)8(25,26)4(15,16)2(11,12)6(20,21)22/h29H. The molecule has 21 heteroatoms. The Hall–Kier alpha value is -1.07. The SMILES string of the molecule is O=[PH](OC(F)(F)C(F)(F)C(F)(F)C(F)(F)F)C(F)(F)C(F)(F)C(F)(F)C(F)(F)F. The molecule has 176 valence electrons. The topological polar surface area (TPSA) is 26.3 Å². The smallest absolute Gasteiger partial charge is 0.289 e. The van der Waals surface area contributed by atoms with E-state index in [1.165, 1.54) is 0 Å². The molecule has 0 spiro atoms. The van der Waals surface area contributed by atoms with E-state index in [0.717, 1.165) is 0 Å². The lowest BCUT2D eigenvalue weighted by Gasteiger charge is -2.35. The molecule has 0 aliphatic carbocycles. The minimum absolute atomic E-state index is 1.60. The third-order valence-electron chi connectivity index (χ3n) is 2.74. The molecular formula is C8HF18O2P. The molecule has 0 rings (SSSR count). The Kier molecular flexibility index (Phi) is 6.72. The Morgan fingerprint density at radius 1 is 0.448 bits per heavy atom. The first-order valence-corrected chi connectivity index (χ1v) is 7.08. The Balaban J connectivity index is 6.16. The molecule has 29 heavy (non-hydrogen) atoms. The zero-order chi connectivity index (χ0) is 24.3. The van der Waals surface area contributed by atoms with Gasteiger partial charge in [0.25, 0.3) is 8.03 Å². The van der Waals surface area contributed by atoms with Gasteiger partial charge in [0.2, 0.25) is 0 Å². The number of halogens is 18. The van der Waals surface area contributed by atoms with Crippen molar-refractivity contribution in [3.05, 3.63) is 0 Å². The largest absolute Gasteiger partial charge is 0.460 e. The van der Waals surface area contributed by atoms with Gasteiger partial charge in [0.15, 0.2) is 0 Å². The highest BCUT2D eigenvalue weighted by atomic mass is 31.1. The van der Waals surface area contributed by atoms with Gasteiger partial charge in [0, 0.05) is 0 Å². The number of hydrogen-bond donors (Lipinski definition) is 0. The van der Waals surface area contributed by atoms with Crippen molar-refractivity contribution >= 4 is 8.03 Å². The minimum atomic E-state index is -7.97. The van der Waals surface area contributed by atoms with Gasteiger partial charge in [-0.1, -0.05) is 0 Å². The van der Waals surface area contributed by atoms with Crippen LogP contribution in [0.1, 0.15) is 0 Å². The predicted molar refractivity (Wildman–Crippen MR) is 51.9 cm³/mol. The summed E-state index contributed by atoms with van der Waals surface area (Å²) in [6.45, 7) is 0. The molecular weight excluding hydrogens is 501 g/mol. The summed E-state index contributed by atoms with van der Waals surface area (Å²) >= 11 is 0. The van der Waals surface area contributed by atoms with Gasteiger partial charge in [0.1, 0.15) is 0 Å². The fraction of sp³-hybridized carbons (Fsp3) is 1.00. The van der Waals surface area contributed by atoms with E-state index in [-0.39, 0.29) is 0 Å². The van der Waals surface area contributed by atoms with Crippen molar-refractivity contribution in [1.29, 1.82) is 0 Å². The van der Waals surface area contributed by atoms with E-state index < -0.39 is 55.8 Å². The maximum absolute atomic E-state index is 13.0. The summed E-state index contributed by atoms with van der Waals surface area (Å²) in [5.74, 6) is -31.7. The number of rotatable bonds is 7. The van der Waals surface area contributed by atoms with Crippen LogP contribution >= 0.6 is 8.03 Å². The van der Waals surface area contributed by atoms with Crippen molar-refractivity contribution in [3.63, 3.8) is 0 Å². The van der Waals surface area contributed by atoms with Gasteiger partial charge in [0.05, 0.1) is 0 Å². The maximum Gasteiger partial charge on any atom is 0.460 e. The third kappa shape index (κ3) is 4.10. The molecule has 0 bridgehead atoms. The van der Waals surface area contributed by atoms with E-state index in [1.807, 2.05) is 0 Å². The first-order chi connectivity index (χ1) is 12.1. The number of alkyl halides is 18. The van der Waals surface area contributed by atoms with E-state index >= 15 is 0 Å². The van der Waals surface area contributed by atoms with Crippen LogP contribution in [-0.2, 0) is 9.09 Å². The predicted octanol–water partition coefficient (Wildman–Crippen LogP) is 6.33. The summed E-state index contributed by atoms with van der Waals surface area (Å²) in [5, 5.41) is 0. The van der Waals surface area contributed by atoms with Crippen LogP contribution < -0.4 is 0 Å². The number of hydrogen-bond acceptors (Lipinski definition) is 2. The quantitative estimate of drug-likeness (QED) is 0.301. The molecule has 0 aromatic carbocycles. The summed E-state index contributed by atoms with van der Waals surface area (Å²) in [6.07, 6.45) is -22.8. The summed E-state index contributed by atoms with van der Waals surface area (Å²) in [4.78, 5) is 0. The van der Waals surface area contributed by atoms with Gasteiger partial charge in [-0.15, -0.1) is 0 Å². The highest BCUT2D eigenvalue weighted by Crippen LogP contribution is 2.64. The van der Waals surface area contributed by atoms with Crippen LogP contribution in [-0.4, -0.2) is 47.8 Å². The van der Waals surface area contributed by atoms with Gasteiger partial charge in [-0.3, -0.25) is 9.09 Å². The van der Waals surface area contributed by atoms with Crippen LogP contribution in [0.5, 0.6) is 0 Å². The lowest BCUT2D eigenvalue weighted by atomic mass is 10.1. The second-order valence-corrected chi connectivity index (χ2v) is 6.18. The molecule has 1 unspecified atom stereocenters. The fourth-order valence-corrected chi connectivity index (χ4v) is 2.01. The molecule has 0 heterocycles. The molecule has 0 fully saturated rings. The van der Waals surface area contributed by atoms with Gasteiger partial charge in [-0.2, -0.15) is 79.0 Å². The van der Waals surface area contributed by atoms with E-state index in [4.69, 9.17) is 0 Å². The van der Waals surface area contributed by atoms with Crippen molar-refractivity contribution in [2.24, 2.45) is 0 Å². The summed E-state index contributed by atoms with van der Waals surface area (Å²) in [7, 11) is -7.35. The molecule has 0 aromatic heterocycles. The maximum atomic E-state index is 13.0. The zero-order valence-corrected chi connectivity index (χ0v) is 13.1. The molecule has 0 aromatic rings. The average Bonchev–Trinajstić information content (AvgIpc) is 2.43. The fourth-order valence-electron chi connectivity index (χ4n) is 1.11. The molecule has 0 radical (unpaired) electrons. The second kappa shape index (κ2) is 6.98. The van der Waals surface area contributed by atoms with Gasteiger partial charge >= 0.3 is 47.8 Å². The third-order valence-corrected chi connectivity index (χ3v) is 4.01. The van der Waals surface area contributed by atoms with E-state index in [9.17, 15) is 83.6 Å². The van der Waals surface area contributed by atoms with Crippen LogP contribution in [0, 0.1) is 0 Å². The van der Waals surface area contributed by atoms with Crippen molar-refractivity contribution in [2.45, 2.75) is 47.8 Å². The molecule has 0 aliphatic rings. The molecule has 0 aliphatic heterocycles. The summed E-state index contributed by atoms with van der Waals surface area (Å²) < 4.78 is 235. The highest BCUT2D eigenvalue weighted by Gasteiger charge is 2.86. The first-order valence-electron chi connectivity index (χ1n) is 5.76. The van der Waals surface area contributed by atoms with Gasteiger partial charge in [-0.25, -0.2) is 0 Å². The van der Waals surface area contributed by atoms with Crippen LogP contribution in [0.4, 0.5) is 79.0 Å². The van der Waals surface area contributed by atoms with Crippen LogP contribution in [0.3, 0.4) is 0 Å². The summed E-state index contributed by atoms with van der Waals surface area (Å²) in [5.41, 5.74) is -7.59. The molecule has 0 N–H and O–H groups in total. The van der Waals surface area contributed by atoms with Gasteiger partial charge in [-0.05, 0) is 0 Å². The molecule has 0 saturated carbocycles. The zero-order valence-electron chi connectivity index (χ0n) is 12.1. The van der Waals surface area contributed by atoms with Crippen molar-refractivity contribution in [1.82, 2.24) is 0 Å². The van der Waals surface area contributed by atoms with Gasteiger partial charge < -0.3 is 0 Å². The molecule has 0 amide bonds. The van der Waals surface area contributed by atoms with Crippen LogP contribution in [0.2, 0.25) is 0 Å². The van der Waals surface area contributed by atoms with E-state index in [1.54, 1.807) is 4.52 Å². The highest BCUT2D eigenvalue weighted by molar-refractivity contribution is 7.40. The molecule has 0 saturated heterocycles. The lowest BCUT2D eigenvalue weighted by Crippen LogP contribution is -2.62. The molecule has 1 atom stereocenters. The van der Waals surface area contributed by atoms with Crippen LogP contribution in [0.25, 0.3) is 0 Å².